The fourth-order valence-electron chi connectivity index (χ4n) is 3.93. The van der Waals surface area contributed by atoms with Gasteiger partial charge in [-0.15, -0.1) is 0 Å². The van der Waals surface area contributed by atoms with E-state index in [0.29, 0.717) is 6.54 Å². The van der Waals surface area contributed by atoms with Gasteiger partial charge in [-0.1, -0.05) is 31.9 Å². The molecule has 3 nitrogen and oxygen atoms in total. The summed E-state index contributed by atoms with van der Waals surface area (Å²) in [5, 5.41) is 13.1. The third-order valence-electron chi connectivity index (χ3n) is 5.02. The van der Waals surface area contributed by atoms with Gasteiger partial charge in [0, 0.05) is 43.6 Å². The van der Waals surface area contributed by atoms with E-state index in [4.69, 9.17) is 0 Å². The second kappa shape index (κ2) is 6.79. The largest absolute Gasteiger partial charge is 0.385 e. The van der Waals surface area contributed by atoms with Crippen molar-refractivity contribution in [1.29, 1.82) is 0 Å². The average Bonchev–Trinajstić information content (AvgIpc) is 3.15. The van der Waals surface area contributed by atoms with Crippen molar-refractivity contribution < 1.29 is 10.0 Å². The molecule has 4 rings (SSSR count). The van der Waals surface area contributed by atoms with Crippen LogP contribution in [0.1, 0.15) is 12.8 Å². The third-order valence-corrected chi connectivity index (χ3v) is 6.00. The Hall–Kier alpha value is -0.880. The molecule has 3 aromatic rings. The van der Waals surface area contributed by atoms with Gasteiger partial charge in [0.1, 0.15) is 12.6 Å². The maximum atomic E-state index is 10.6. The zero-order chi connectivity index (χ0) is 16.7. The summed E-state index contributed by atoms with van der Waals surface area (Å²) >= 11 is 7.16. The van der Waals surface area contributed by atoms with Crippen molar-refractivity contribution in [2.45, 2.75) is 25.5 Å². The molecule has 1 atom stereocenters. The number of rotatable bonds is 4. The molecule has 1 aliphatic heterocycles. The van der Waals surface area contributed by atoms with Crippen LogP contribution in [-0.4, -0.2) is 35.4 Å². The monoisotopic (exact) mass is 451 g/mol. The van der Waals surface area contributed by atoms with Gasteiger partial charge in [0.15, 0.2) is 0 Å². The Morgan fingerprint density at radius 2 is 1.50 bits per heavy atom. The van der Waals surface area contributed by atoms with Gasteiger partial charge in [-0.3, -0.25) is 0 Å². The number of nitrogens with one attached hydrogen (secondary N) is 1. The molecule has 0 aliphatic carbocycles. The zero-order valence-electron chi connectivity index (χ0n) is 13.4. The van der Waals surface area contributed by atoms with Crippen molar-refractivity contribution in [1.82, 2.24) is 4.57 Å². The fraction of sp³-hybridized carbons (Fsp3) is 0.368. The summed E-state index contributed by atoms with van der Waals surface area (Å²) < 4.78 is 4.43. The molecule has 1 fully saturated rings. The molecule has 24 heavy (non-hydrogen) atoms. The van der Waals surface area contributed by atoms with Crippen molar-refractivity contribution in [3.8, 4) is 0 Å². The lowest BCUT2D eigenvalue weighted by molar-refractivity contribution is -0.890. The van der Waals surface area contributed by atoms with Crippen LogP contribution in [0.3, 0.4) is 0 Å². The molecule has 0 amide bonds. The van der Waals surface area contributed by atoms with Crippen LogP contribution in [0, 0.1) is 0 Å². The first kappa shape index (κ1) is 16.6. The number of hydrogen-bond acceptors (Lipinski definition) is 1. The van der Waals surface area contributed by atoms with Crippen LogP contribution in [0.2, 0.25) is 0 Å². The maximum absolute atomic E-state index is 10.6. The van der Waals surface area contributed by atoms with Crippen LogP contribution in [0.25, 0.3) is 21.8 Å². The number of hydrogen-bond donors (Lipinski definition) is 2. The van der Waals surface area contributed by atoms with Crippen LogP contribution >= 0.6 is 31.9 Å². The van der Waals surface area contributed by atoms with Crippen LogP contribution in [0.4, 0.5) is 0 Å². The highest BCUT2D eigenvalue weighted by molar-refractivity contribution is 9.10. The van der Waals surface area contributed by atoms with Gasteiger partial charge in [0.25, 0.3) is 0 Å². The molecule has 1 aliphatic rings. The Morgan fingerprint density at radius 3 is 2.04 bits per heavy atom. The average molecular weight is 453 g/mol. The minimum absolute atomic E-state index is 0.316. The Kier molecular flexibility index (Phi) is 4.69. The molecule has 2 N–H and O–H groups in total. The SMILES string of the molecule is O[C@H](Cn1c2ccc(Br)cc2c2cc(Br)ccc21)C[NH+]1CCCC1. The van der Waals surface area contributed by atoms with Crippen molar-refractivity contribution >= 4 is 53.7 Å². The minimum Gasteiger partial charge on any atom is -0.385 e. The van der Waals surface area contributed by atoms with E-state index in [-0.39, 0.29) is 6.10 Å². The molecule has 126 valence electrons. The normalized spacial score (nSPS) is 17.1. The van der Waals surface area contributed by atoms with Gasteiger partial charge in [-0.05, 0) is 36.4 Å². The lowest BCUT2D eigenvalue weighted by atomic mass is 10.2. The molecule has 2 heterocycles. The number of aliphatic hydroxyl groups is 1. The second-order valence-electron chi connectivity index (χ2n) is 6.75. The standard InChI is InChI=1S/C19H20Br2N2O/c20-13-3-5-18-16(9-13)17-10-14(21)4-6-19(17)23(18)12-15(24)11-22-7-1-2-8-22/h3-6,9-10,15,24H,1-2,7-8,11-12H2/p+1/t15-/m0/s1. The summed E-state index contributed by atoms with van der Waals surface area (Å²) in [7, 11) is 0. The number of fused-ring (bicyclic) bond motifs is 3. The predicted octanol–water partition coefficient (Wildman–Crippen LogP) is 3.36. The molecule has 0 unspecified atom stereocenters. The van der Waals surface area contributed by atoms with E-state index in [1.165, 1.54) is 52.6 Å². The lowest BCUT2D eigenvalue weighted by Gasteiger charge is -2.18. The molecular weight excluding hydrogens is 432 g/mol. The first-order valence-electron chi connectivity index (χ1n) is 8.50. The van der Waals surface area contributed by atoms with Crippen molar-refractivity contribution in [2.24, 2.45) is 0 Å². The number of likely N-dealkylation sites (tertiary alicyclic amines) is 1. The lowest BCUT2D eigenvalue weighted by Crippen LogP contribution is -3.11. The van der Waals surface area contributed by atoms with Gasteiger partial charge in [-0.2, -0.15) is 0 Å². The Morgan fingerprint density at radius 1 is 0.958 bits per heavy atom. The summed E-state index contributed by atoms with van der Waals surface area (Å²) in [6, 6.07) is 12.8. The van der Waals surface area contributed by atoms with Crippen molar-refractivity contribution in [3.05, 3.63) is 45.3 Å². The highest BCUT2D eigenvalue weighted by Gasteiger charge is 2.21. The molecule has 0 spiro atoms. The summed E-state index contributed by atoms with van der Waals surface area (Å²) in [5.74, 6) is 0. The molecule has 5 heteroatoms. The topological polar surface area (TPSA) is 29.6 Å². The van der Waals surface area contributed by atoms with E-state index in [0.717, 1.165) is 15.5 Å². The van der Waals surface area contributed by atoms with Gasteiger partial charge >= 0.3 is 0 Å². The van der Waals surface area contributed by atoms with Gasteiger partial charge in [-0.25, -0.2) is 0 Å². The molecule has 1 aromatic heterocycles. The van der Waals surface area contributed by atoms with Crippen LogP contribution in [0.5, 0.6) is 0 Å². The second-order valence-corrected chi connectivity index (χ2v) is 8.58. The fourth-order valence-corrected chi connectivity index (χ4v) is 4.66. The quantitative estimate of drug-likeness (QED) is 0.624. The van der Waals surface area contributed by atoms with Crippen LogP contribution in [-0.2, 0) is 6.54 Å². The Bertz CT molecular complexity index is 825. The Balaban J connectivity index is 1.75. The highest BCUT2D eigenvalue weighted by Crippen LogP contribution is 2.33. The third kappa shape index (κ3) is 3.15. The van der Waals surface area contributed by atoms with Crippen LogP contribution in [0.15, 0.2) is 45.3 Å². The van der Waals surface area contributed by atoms with Crippen molar-refractivity contribution in [3.63, 3.8) is 0 Å². The van der Waals surface area contributed by atoms with E-state index in [1.807, 2.05) is 0 Å². The number of quaternary nitrogens is 1. The summed E-state index contributed by atoms with van der Waals surface area (Å²) in [6.07, 6.45) is 2.27. The van der Waals surface area contributed by atoms with Gasteiger partial charge < -0.3 is 14.6 Å². The maximum Gasteiger partial charge on any atom is 0.121 e. The zero-order valence-corrected chi connectivity index (χ0v) is 16.6. The number of benzene rings is 2. The number of aromatic nitrogens is 1. The van der Waals surface area contributed by atoms with Crippen LogP contribution < -0.4 is 4.90 Å². The number of aliphatic hydroxyl groups excluding tert-OH is 1. The molecular formula is C19H21Br2N2O+. The molecule has 1 saturated heterocycles. The van der Waals surface area contributed by atoms with E-state index in [9.17, 15) is 5.11 Å². The summed E-state index contributed by atoms with van der Waals surface area (Å²) in [5.41, 5.74) is 2.36. The molecule has 0 saturated carbocycles. The predicted molar refractivity (Wildman–Crippen MR) is 106 cm³/mol. The Labute approximate surface area is 158 Å². The number of nitrogens with zero attached hydrogens (tertiary/aromatic N) is 1. The summed E-state index contributed by atoms with van der Waals surface area (Å²) in [4.78, 5) is 1.54. The molecule has 0 radical (unpaired) electrons. The first-order chi connectivity index (χ1) is 11.6. The smallest absolute Gasteiger partial charge is 0.121 e. The summed E-state index contributed by atoms with van der Waals surface area (Å²) in [6.45, 7) is 3.88. The van der Waals surface area contributed by atoms with E-state index >= 15 is 0 Å². The minimum atomic E-state index is -0.316. The highest BCUT2D eigenvalue weighted by atomic mass is 79.9. The van der Waals surface area contributed by atoms with Gasteiger partial charge in [0.2, 0.25) is 0 Å². The number of halogens is 2. The van der Waals surface area contributed by atoms with Gasteiger partial charge in [0.05, 0.1) is 19.6 Å². The first-order valence-corrected chi connectivity index (χ1v) is 10.1. The van der Waals surface area contributed by atoms with E-state index < -0.39 is 0 Å². The van der Waals surface area contributed by atoms with Crippen molar-refractivity contribution in [2.75, 3.05) is 19.6 Å². The molecule has 0 bridgehead atoms. The van der Waals surface area contributed by atoms with E-state index in [1.54, 1.807) is 0 Å². The van der Waals surface area contributed by atoms with E-state index in [2.05, 4.69) is 72.8 Å². The molecule has 2 aromatic carbocycles.